The number of quaternary nitrogens is 1. The molecule has 0 bridgehead atoms. The van der Waals surface area contributed by atoms with Gasteiger partial charge in [0.05, 0.1) is 18.1 Å². The van der Waals surface area contributed by atoms with E-state index >= 15 is 0 Å². The molecule has 0 aromatic heterocycles. The first-order chi connectivity index (χ1) is 9.47. The van der Waals surface area contributed by atoms with Crippen molar-refractivity contribution in [2.24, 2.45) is 0 Å². The van der Waals surface area contributed by atoms with E-state index in [1.807, 2.05) is 0 Å². The van der Waals surface area contributed by atoms with Crippen molar-refractivity contribution in [3.05, 3.63) is 24.3 Å². The van der Waals surface area contributed by atoms with E-state index in [0.717, 1.165) is 5.01 Å². The Morgan fingerprint density at radius 3 is 2.35 bits per heavy atom. The third-order valence-corrected chi connectivity index (χ3v) is 4.31. The molecule has 2 rings (SSSR count). The van der Waals surface area contributed by atoms with Crippen LogP contribution in [0.25, 0.3) is 0 Å². The Labute approximate surface area is 117 Å². The molecular formula is C12H18N3O4S+. The highest BCUT2D eigenvalue weighted by molar-refractivity contribution is 7.89. The molecule has 0 saturated carbocycles. The highest BCUT2D eigenvalue weighted by atomic mass is 32.2. The summed E-state index contributed by atoms with van der Waals surface area (Å²) >= 11 is 0. The maximum atomic E-state index is 12.2. The van der Waals surface area contributed by atoms with E-state index in [9.17, 15) is 13.2 Å². The number of carbonyl (C=O) groups excluding carboxylic acids is 1. The van der Waals surface area contributed by atoms with Crippen LogP contribution in [-0.4, -0.2) is 40.6 Å². The van der Waals surface area contributed by atoms with Crippen molar-refractivity contribution in [3.63, 3.8) is 0 Å². The van der Waals surface area contributed by atoms with E-state index in [1.54, 1.807) is 12.1 Å². The third kappa shape index (κ3) is 4.01. The van der Waals surface area contributed by atoms with Gasteiger partial charge < -0.3 is 10.1 Å². The second-order valence-electron chi connectivity index (χ2n) is 4.53. The van der Waals surface area contributed by atoms with Crippen molar-refractivity contribution in [3.8, 4) is 0 Å². The zero-order chi connectivity index (χ0) is 14.6. The Kier molecular flexibility index (Phi) is 4.71. The van der Waals surface area contributed by atoms with E-state index in [1.165, 1.54) is 19.1 Å². The number of hydrogen-bond donors (Lipinski definition) is 3. The number of hydrogen-bond acceptors (Lipinski definition) is 4. The van der Waals surface area contributed by atoms with Gasteiger partial charge in [-0.2, -0.15) is 0 Å². The topological polar surface area (TPSA) is 88.9 Å². The fourth-order valence-corrected chi connectivity index (χ4v) is 3.09. The molecule has 1 amide bonds. The first-order valence-corrected chi connectivity index (χ1v) is 7.78. The minimum absolute atomic E-state index is 0.172. The zero-order valence-corrected chi connectivity index (χ0v) is 12.0. The van der Waals surface area contributed by atoms with Gasteiger partial charge in [0.25, 0.3) is 10.0 Å². The van der Waals surface area contributed by atoms with Crippen LogP contribution >= 0.6 is 0 Å². The fourth-order valence-electron chi connectivity index (χ4n) is 1.89. The maximum absolute atomic E-state index is 12.2. The van der Waals surface area contributed by atoms with E-state index in [2.05, 4.69) is 10.1 Å². The Morgan fingerprint density at radius 1 is 1.20 bits per heavy atom. The molecular weight excluding hydrogens is 282 g/mol. The van der Waals surface area contributed by atoms with Crippen LogP contribution in [0.15, 0.2) is 29.2 Å². The number of ether oxygens (including phenoxy) is 1. The van der Waals surface area contributed by atoms with Crippen LogP contribution in [-0.2, 0) is 19.6 Å². The minimum atomic E-state index is -3.56. The molecule has 110 valence electrons. The van der Waals surface area contributed by atoms with E-state index in [4.69, 9.17) is 4.74 Å². The number of benzene rings is 1. The highest BCUT2D eigenvalue weighted by Gasteiger charge is 2.23. The van der Waals surface area contributed by atoms with Gasteiger partial charge in [0, 0.05) is 12.6 Å². The van der Waals surface area contributed by atoms with Crippen molar-refractivity contribution in [2.45, 2.75) is 11.8 Å². The number of carbonyl (C=O) groups is 1. The third-order valence-electron chi connectivity index (χ3n) is 2.86. The molecule has 0 unspecified atom stereocenters. The van der Waals surface area contributed by atoms with Gasteiger partial charge in [-0.1, -0.05) is 4.83 Å². The fraction of sp³-hybridized carbons (Fsp3) is 0.417. The normalized spacial score (nSPS) is 16.9. The van der Waals surface area contributed by atoms with E-state index < -0.39 is 10.0 Å². The number of nitrogens with one attached hydrogen (secondary N) is 3. The molecule has 1 aliphatic heterocycles. The molecule has 0 spiro atoms. The largest absolute Gasteiger partial charge is 0.370 e. The number of rotatable bonds is 4. The van der Waals surface area contributed by atoms with Gasteiger partial charge in [-0.3, -0.25) is 4.79 Å². The van der Waals surface area contributed by atoms with Gasteiger partial charge in [-0.05, 0) is 24.3 Å². The van der Waals surface area contributed by atoms with Crippen molar-refractivity contribution < 1.29 is 23.0 Å². The van der Waals surface area contributed by atoms with E-state index in [0.29, 0.717) is 32.0 Å². The van der Waals surface area contributed by atoms with Crippen LogP contribution < -0.4 is 15.2 Å². The van der Waals surface area contributed by atoms with Crippen LogP contribution in [0.1, 0.15) is 6.92 Å². The van der Waals surface area contributed by atoms with Crippen LogP contribution in [0, 0.1) is 0 Å². The Morgan fingerprint density at radius 2 is 1.80 bits per heavy atom. The van der Waals surface area contributed by atoms with Crippen molar-refractivity contribution in [1.82, 2.24) is 4.83 Å². The molecule has 1 saturated heterocycles. The summed E-state index contributed by atoms with van der Waals surface area (Å²) in [5.41, 5.74) is 0.565. The lowest BCUT2D eigenvalue weighted by Crippen LogP contribution is -3.20. The molecule has 0 aliphatic carbocycles. The monoisotopic (exact) mass is 300 g/mol. The van der Waals surface area contributed by atoms with E-state index in [-0.39, 0.29) is 10.8 Å². The Balaban J connectivity index is 2.06. The van der Waals surface area contributed by atoms with Gasteiger partial charge in [-0.25, -0.2) is 13.4 Å². The summed E-state index contributed by atoms with van der Waals surface area (Å²) < 4.78 is 29.5. The van der Waals surface area contributed by atoms with Gasteiger partial charge in [0.2, 0.25) is 5.91 Å². The summed E-state index contributed by atoms with van der Waals surface area (Å²) in [6.07, 6.45) is 0. The summed E-state index contributed by atoms with van der Waals surface area (Å²) in [5, 5.41) is 3.35. The first kappa shape index (κ1) is 14.9. The van der Waals surface area contributed by atoms with Crippen molar-refractivity contribution >= 4 is 21.6 Å². The van der Waals surface area contributed by atoms with Crippen LogP contribution in [0.4, 0.5) is 5.69 Å². The average Bonchev–Trinajstić information content (AvgIpc) is 2.39. The van der Waals surface area contributed by atoms with Crippen LogP contribution in [0.3, 0.4) is 0 Å². The Hall–Kier alpha value is -1.48. The second kappa shape index (κ2) is 6.31. The number of sulfonamides is 1. The summed E-state index contributed by atoms with van der Waals surface area (Å²) in [7, 11) is -3.56. The average molecular weight is 300 g/mol. The van der Waals surface area contributed by atoms with Gasteiger partial charge in [0.1, 0.15) is 13.1 Å². The van der Waals surface area contributed by atoms with Gasteiger partial charge in [0.15, 0.2) is 0 Å². The minimum Gasteiger partial charge on any atom is -0.370 e. The molecule has 20 heavy (non-hydrogen) atoms. The molecule has 1 aromatic rings. The first-order valence-electron chi connectivity index (χ1n) is 6.30. The highest BCUT2D eigenvalue weighted by Crippen LogP contribution is 2.13. The molecule has 0 radical (unpaired) electrons. The van der Waals surface area contributed by atoms with Crippen molar-refractivity contribution in [1.29, 1.82) is 0 Å². The molecule has 8 heteroatoms. The Bertz CT molecular complexity index is 565. The predicted octanol–water partition coefficient (Wildman–Crippen LogP) is -1.25. The summed E-state index contributed by atoms with van der Waals surface area (Å²) in [6, 6.07) is 6.05. The predicted molar refractivity (Wildman–Crippen MR) is 72.6 cm³/mol. The van der Waals surface area contributed by atoms with Gasteiger partial charge in [-0.15, -0.1) is 0 Å². The lowest BCUT2D eigenvalue weighted by atomic mass is 10.3. The second-order valence-corrected chi connectivity index (χ2v) is 6.21. The molecule has 1 aliphatic rings. The smallest absolute Gasteiger partial charge is 0.282 e. The molecule has 1 heterocycles. The molecule has 3 N–H and O–H groups in total. The summed E-state index contributed by atoms with van der Waals surface area (Å²) in [4.78, 5) is 13.7. The SMILES string of the molecule is CC(=O)Nc1ccc(S(=O)(=O)N[NH+]2CCOCC2)cc1. The van der Waals surface area contributed by atoms with Crippen LogP contribution in [0.5, 0.6) is 0 Å². The summed E-state index contributed by atoms with van der Waals surface area (Å²) in [6.45, 7) is 3.68. The maximum Gasteiger partial charge on any atom is 0.282 e. The lowest BCUT2D eigenvalue weighted by Gasteiger charge is -2.23. The molecule has 7 nitrogen and oxygen atoms in total. The van der Waals surface area contributed by atoms with Gasteiger partial charge >= 0.3 is 0 Å². The summed E-state index contributed by atoms with van der Waals surface area (Å²) in [5.74, 6) is -0.198. The van der Waals surface area contributed by atoms with Crippen LogP contribution in [0.2, 0.25) is 0 Å². The quantitative estimate of drug-likeness (QED) is 0.648. The number of amides is 1. The molecule has 0 atom stereocenters. The molecule has 1 aromatic carbocycles. The lowest BCUT2D eigenvalue weighted by molar-refractivity contribution is -0.938. The molecule has 1 fully saturated rings. The van der Waals surface area contributed by atoms with Crippen molar-refractivity contribution in [2.75, 3.05) is 31.6 Å². The number of morpholine rings is 1. The standard InChI is InChI=1S/C12H17N3O4S/c1-10(16)13-11-2-4-12(5-3-11)20(17,18)14-15-6-8-19-9-7-15/h2-5,14H,6-9H2,1H3,(H,13,16)/p+1. The zero-order valence-electron chi connectivity index (χ0n) is 11.2. The number of anilines is 1.